The van der Waals surface area contributed by atoms with Crippen LogP contribution in [0.2, 0.25) is 0 Å². The summed E-state index contributed by atoms with van der Waals surface area (Å²) < 4.78 is 13.6. The molecule has 0 heterocycles. The molecule has 1 rings (SSSR count). The Morgan fingerprint density at radius 3 is 2.75 bits per heavy atom. The molecule has 0 atom stereocenters. The van der Waals surface area contributed by atoms with Crippen molar-refractivity contribution in [3.63, 3.8) is 0 Å². The van der Waals surface area contributed by atoms with E-state index in [1.165, 1.54) is 0 Å². The molecule has 0 aliphatic heterocycles. The molecule has 0 aromatic heterocycles. The summed E-state index contributed by atoms with van der Waals surface area (Å²) in [7, 11) is 1.79. The average Bonchev–Trinajstić information content (AvgIpc) is 1.99. The second-order valence-electron chi connectivity index (χ2n) is 2.24. The van der Waals surface area contributed by atoms with Crippen molar-refractivity contribution >= 4 is 28.3 Å². The third kappa shape index (κ3) is 2.73. The van der Waals surface area contributed by atoms with Crippen LogP contribution in [0.15, 0.2) is 22.7 Å². The van der Waals surface area contributed by atoms with E-state index in [0.29, 0.717) is 16.6 Å². The molecule has 0 fully saturated rings. The SMILES string of the molecule is CNCc1cccc(Br)c1F.Cl. The number of halogens is 3. The van der Waals surface area contributed by atoms with Crippen molar-refractivity contribution in [2.45, 2.75) is 6.54 Å². The standard InChI is InChI=1S/C8H9BrFN.ClH/c1-11-5-6-3-2-4-7(9)8(6)10;/h2-4,11H,5H2,1H3;1H. The Hall–Kier alpha value is -0.120. The largest absolute Gasteiger partial charge is 0.316 e. The maximum Gasteiger partial charge on any atom is 0.141 e. The molecule has 1 aromatic carbocycles. The molecule has 1 nitrogen and oxygen atoms in total. The Bertz CT molecular complexity index is 255. The van der Waals surface area contributed by atoms with Crippen LogP contribution in [-0.4, -0.2) is 7.05 Å². The molecule has 0 spiro atoms. The molecule has 0 radical (unpaired) electrons. The number of nitrogens with one attached hydrogen (secondary N) is 1. The van der Waals surface area contributed by atoms with Gasteiger partial charge in [0.05, 0.1) is 4.47 Å². The van der Waals surface area contributed by atoms with Crippen molar-refractivity contribution in [3.05, 3.63) is 34.1 Å². The van der Waals surface area contributed by atoms with Gasteiger partial charge in [0, 0.05) is 12.1 Å². The lowest BCUT2D eigenvalue weighted by Crippen LogP contribution is -2.06. The van der Waals surface area contributed by atoms with Gasteiger partial charge < -0.3 is 5.32 Å². The monoisotopic (exact) mass is 253 g/mol. The van der Waals surface area contributed by atoms with E-state index in [1.54, 1.807) is 19.2 Å². The number of rotatable bonds is 2. The van der Waals surface area contributed by atoms with Crippen LogP contribution in [0.4, 0.5) is 4.39 Å². The highest BCUT2D eigenvalue weighted by molar-refractivity contribution is 9.10. The third-order valence-electron chi connectivity index (χ3n) is 1.40. The van der Waals surface area contributed by atoms with E-state index in [4.69, 9.17) is 0 Å². The van der Waals surface area contributed by atoms with Crippen LogP contribution >= 0.6 is 28.3 Å². The Morgan fingerprint density at radius 2 is 2.17 bits per heavy atom. The van der Waals surface area contributed by atoms with Gasteiger partial charge in [0.25, 0.3) is 0 Å². The lowest BCUT2D eigenvalue weighted by molar-refractivity contribution is 0.594. The molecule has 68 valence electrons. The Labute approximate surface area is 85.9 Å². The van der Waals surface area contributed by atoms with E-state index in [-0.39, 0.29) is 18.2 Å². The second-order valence-corrected chi connectivity index (χ2v) is 3.10. The Kier molecular flexibility index (Phi) is 5.46. The first kappa shape index (κ1) is 11.9. The maximum absolute atomic E-state index is 13.1. The minimum Gasteiger partial charge on any atom is -0.316 e. The zero-order valence-corrected chi connectivity index (χ0v) is 9.01. The van der Waals surface area contributed by atoms with Crippen LogP contribution < -0.4 is 5.32 Å². The number of benzene rings is 1. The van der Waals surface area contributed by atoms with Crippen LogP contribution in [0.25, 0.3) is 0 Å². The first-order chi connectivity index (χ1) is 5.25. The summed E-state index contributed by atoms with van der Waals surface area (Å²) in [6, 6.07) is 5.27. The summed E-state index contributed by atoms with van der Waals surface area (Å²) >= 11 is 3.11. The summed E-state index contributed by atoms with van der Waals surface area (Å²) in [6.45, 7) is 0.561. The summed E-state index contributed by atoms with van der Waals surface area (Å²) in [6.07, 6.45) is 0. The fraction of sp³-hybridized carbons (Fsp3) is 0.250. The zero-order valence-electron chi connectivity index (χ0n) is 6.60. The predicted molar refractivity (Wildman–Crippen MR) is 54.1 cm³/mol. The molecule has 0 bridgehead atoms. The van der Waals surface area contributed by atoms with Crippen LogP contribution in [0, 0.1) is 5.82 Å². The van der Waals surface area contributed by atoms with Crippen molar-refractivity contribution in [1.29, 1.82) is 0 Å². The van der Waals surface area contributed by atoms with Gasteiger partial charge in [0.15, 0.2) is 0 Å². The summed E-state index contributed by atoms with van der Waals surface area (Å²) in [4.78, 5) is 0. The van der Waals surface area contributed by atoms with Gasteiger partial charge in [0.1, 0.15) is 5.82 Å². The molecule has 0 saturated carbocycles. The van der Waals surface area contributed by atoms with E-state index in [2.05, 4.69) is 21.2 Å². The van der Waals surface area contributed by atoms with Gasteiger partial charge in [-0.2, -0.15) is 0 Å². The highest BCUT2D eigenvalue weighted by atomic mass is 79.9. The smallest absolute Gasteiger partial charge is 0.141 e. The minimum atomic E-state index is -0.179. The zero-order chi connectivity index (χ0) is 8.27. The first-order valence-electron chi connectivity index (χ1n) is 3.33. The highest BCUT2D eigenvalue weighted by Crippen LogP contribution is 2.17. The van der Waals surface area contributed by atoms with Crippen LogP contribution in [-0.2, 0) is 6.54 Å². The van der Waals surface area contributed by atoms with Crippen LogP contribution in [0.5, 0.6) is 0 Å². The van der Waals surface area contributed by atoms with Gasteiger partial charge in [-0.1, -0.05) is 12.1 Å². The fourth-order valence-corrected chi connectivity index (χ4v) is 1.28. The van der Waals surface area contributed by atoms with E-state index < -0.39 is 0 Å². The summed E-state index contributed by atoms with van der Waals surface area (Å²) in [5, 5.41) is 2.89. The average molecular weight is 255 g/mol. The lowest BCUT2D eigenvalue weighted by Gasteiger charge is -2.02. The predicted octanol–water partition coefficient (Wildman–Crippen LogP) is 2.73. The molecular weight excluding hydrogens is 244 g/mol. The molecule has 1 aromatic rings. The topological polar surface area (TPSA) is 12.0 Å². The van der Waals surface area contributed by atoms with Crippen molar-refractivity contribution in [2.24, 2.45) is 0 Å². The Balaban J connectivity index is 0.00000121. The Morgan fingerprint density at radius 1 is 1.50 bits per heavy atom. The van der Waals surface area contributed by atoms with Gasteiger partial charge in [-0.25, -0.2) is 4.39 Å². The van der Waals surface area contributed by atoms with E-state index >= 15 is 0 Å². The quantitative estimate of drug-likeness (QED) is 0.856. The van der Waals surface area contributed by atoms with E-state index in [0.717, 1.165) is 0 Å². The number of hydrogen-bond donors (Lipinski definition) is 1. The number of hydrogen-bond acceptors (Lipinski definition) is 1. The normalized spacial score (nSPS) is 9.25. The van der Waals surface area contributed by atoms with Gasteiger partial charge in [-0.3, -0.25) is 0 Å². The molecule has 0 aliphatic rings. The van der Waals surface area contributed by atoms with Crippen molar-refractivity contribution in [3.8, 4) is 0 Å². The summed E-state index contributed by atoms with van der Waals surface area (Å²) in [5.74, 6) is -0.179. The first-order valence-corrected chi connectivity index (χ1v) is 4.12. The lowest BCUT2D eigenvalue weighted by atomic mass is 10.2. The van der Waals surface area contributed by atoms with E-state index in [9.17, 15) is 4.39 Å². The molecular formula is C8H10BrClFN. The molecule has 0 aliphatic carbocycles. The van der Waals surface area contributed by atoms with Crippen molar-refractivity contribution in [2.75, 3.05) is 7.05 Å². The van der Waals surface area contributed by atoms with Gasteiger partial charge in [0.2, 0.25) is 0 Å². The fourth-order valence-electron chi connectivity index (χ4n) is 0.875. The molecule has 0 unspecified atom stereocenters. The van der Waals surface area contributed by atoms with Crippen molar-refractivity contribution in [1.82, 2.24) is 5.32 Å². The molecule has 0 amide bonds. The minimum absolute atomic E-state index is 0. The highest BCUT2D eigenvalue weighted by Gasteiger charge is 2.03. The van der Waals surface area contributed by atoms with E-state index in [1.807, 2.05) is 6.07 Å². The van der Waals surface area contributed by atoms with Gasteiger partial charge in [-0.15, -0.1) is 12.4 Å². The molecule has 1 N–H and O–H groups in total. The van der Waals surface area contributed by atoms with Crippen molar-refractivity contribution < 1.29 is 4.39 Å². The maximum atomic E-state index is 13.1. The molecule has 4 heteroatoms. The summed E-state index contributed by atoms with van der Waals surface area (Å²) in [5.41, 5.74) is 0.682. The third-order valence-corrected chi connectivity index (χ3v) is 2.01. The van der Waals surface area contributed by atoms with Gasteiger partial charge in [-0.05, 0) is 29.0 Å². The molecule has 0 saturated heterocycles. The van der Waals surface area contributed by atoms with Crippen LogP contribution in [0.3, 0.4) is 0 Å². The molecule has 12 heavy (non-hydrogen) atoms. The van der Waals surface area contributed by atoms with Gasteiger partial charge >= 0.3 is 0 Å². The second kappa shape index (κ2) is 5.51. The van der Waals surface area contributed by atoms with Crippen LogP contribution in [0.1, 0.15) is 5.56 Å².